The lowest BCUT2D eigenvalue weighted by Crippen LogP contribution is -2.13. The van der Waals surface area contributed by atoms with Crippen molar-refractivity contribution in [2.45, 2.75) is 20.4 Å². The number of aryl methyl sites for hydroxylation is 2. The first kappa shape index (κ1) is 14.1. The Labute approximate surface area is 127 Å². The van der Waals surface area contributed by atoms with Gasteiger partial charge in [-0.3, -0.25) is 9.48 Å². The number of anilines is 1. The Morgan fingerprint density at radius 2 is 2.14 bits per heavy atom. The number of carbonyl (C=O) groups is 1. The molecule has 0 fully saturated rings. The molecular formula is C16H16N4O2. The van der Waals surface area contributed by atoms with Crippen LogP contribution in [0.3, 0.4) is 0 Å². The first-order chi connectivity index (χ1) is 10.6. The van der Waals surface area contributed by atoms with E-state index in [4.69, 9.17) is 4.52 Å². The highest BCUT2D eigenvalue weighted by atomic mass is 16.5. The Morgan fingerprint density at radius 3 is 2.82 bits per heavy atom. The zero-order valence-electron chi connectivity index (χ0n) is 12.4. The van der Waals surface area contributed by atoms with E-state index in [0.29, 0.717) is 17.9 Å². The minimum Gasteiger partial charge on any atom is -0.363 e. The van der Waals surface area contributed by atoms with Gasteiger partial charge in [0.05, 0.1) is 12.2 Å². The standard InChI is InChI=1S/C16H16N4O2/c1-11-8-12(2)20(18-11)10-13-4-3-5-14(9-13)16(21)17-15-6-7-22-19-15/h3-9H,10H2,1-2H3,(H,17,19,21). The molecule has 0 unspecified atom stereocenters. The van der Waals surface area contributed by atoms with Gasteiger partial charge in [0.1, 0.15) is 6.26 Å². The molecule has 0 aliphatic carbocycles. The molecule has 22 heavy (non-hydrogen) atoms. The van der Waals surface area contributed by atoms with Crippen LogP contribution in [0.25, 0.3) is 0 Å². The van der Waals surface area contributed by atoms with Crippen molar-refractivity contribution in [3.63, 3.8) is 0 Å². The quantitative estimate of drug-likeness (QED) is 0.803. The van der Waals surface area contributed by atoms with E-state index in [1.54, 1.807) is 12.1 Å². The molecule has 6 nitrogen and oxygen atoms in total. The summed E-state index contributed by atoms with van der Waals surface area (Å²) in [5.41, 5.74) is 3.66. The lowest BCUT2D eigenvalue weighted by molar-refractivity contribution is 0.102. The number of nitrogens with zero attached hydrogens (tertiary/aromatic N) is 3. The van der Waals surface area contributed by atoms with Gasteiger partial charge in [0.15, 0.2) is 5.82 Å². The molecule has 2 aromatic heterocycles. The number of aromatic nitrogens is 3. The zero-order chi connectivity index (χ0) is 15.5. The molecule has 0 atom stereocenters. The summed E-state index contributed by atoms with van der Waals surface area (Å²) in [6.45, 7) is 4.61. The number of carbonyl (C=O) groups excluding carboxylic acids is 1. The molecule has 1 amide bonds. The molecule has 6 heteroatoms. The van der Waals surface area contributed by atoms with Crippen LogP contribution in [-0.2, 0) is 6.54 Å². The van der Waals surface area contributed by atoms with Crippen LogP contribution < -0.4 is 5.32 Å². The van der Waals surface area contributed by atoms with Gasteiger partial charge in [-0.05, 0) is 37.6 Å². The van der Waals surface area contributed by atoms with Crippen LogP contribution in [0, 0.1) is 13.8 Å². The Hall–Kier alpha value is -2.89. The van der Waals surface area contributed by atoms with Crippen LogP contribution in [0.15, 0.2) is 47.2 Å². The molecule has 0 aliphatic rings. The number of hydrogen-bond acceptors (Lipinski definition) is 4. The van der Waals surface area contributed by atoms with E-state index in [0.717, 1.165) is 17.0 Å². The smallest absolute Gasteiger partial charge is 0.256 e. The molecule has 0 saturated heterocycles. The summed E-state index contributed by atoms with van der Waals surface area (Å²) >= 11 is 0. The highest BCUT2D eigenvalue weighted by Gasteiger charge is 2.09. The maximum atomic E-state index is 12.2. The second kappa shape index (κ2) is 5.85. The third-order valence-corrected chi connectivity index (χ3v) is 3.30. The van der Waals surface area contributed by atoms with Gasteiger partial charge in [0, 0.05) is 17.3 Å². The van der Waals surface area contributed by atoms with Gasteiger partial charge in [-0.25, -0.2) is 0 Å². The minimum atomic E-state index is -0.218. The normalized spacial score (nSPS) is 10.6. The highest BCUT2D eigenvalue weighted by Crippen LogP contribution is 2.11. The Morgan fingerprint density at radius 1 is 1.27 bits per heavy atom. The molecule has 0 radical (unpaired) electrons. The topological polar surface area (TPSA) is 73.0 Å². The van der Waals surface area contributed by atoms with E-state index in [1.807, 2.05) is 42.8 Å². The molecule has 3 rings (SSSR count). The average Bonchev–Trinajstić information content (AvgIpc) is 3.09. The van der Waals surface area contributed by atoms with Crippen molar-refractivity contribution in [3.05, 3.63) is 65.2 Å². The lowest BCUT2D eigenvalue weighted by atomic mass is 10.1. The molecule has 0 saturated carbocycles. The molecular weight excluding hydrogens is 280 g/mol. The van der Waals surface area contributed by atoms with Crippen molar-refractivity contribution in [1.29, 1.82) is 0 Å². The Balaban J connectivity index is 1.77. The van der Waals surface area contributed by atoms with Crippen LogP contribution in [0.1, 0.15) is 27.3 Å². The summed E-state index contributed by atoms with van der Waals surface area (Å²) < 4.78 is 6.61. The van der Waals surface area contributed by atoms with Crippen LogP contribution in [-0.4, -0.2) is 20.8 Å². The number of benzene rings is 1. The van der Waals surface area contributed by atoms with Crippen LogP contribution in [0.5, 0.6) is 0 Å². The predicted octanol–water partition coefficient (Wildman–Crippen LogP) is 2.79. The van der Waals surface area contributed by atoms with Crippen LogP contribution in [0.2, 0.25) is 0 Å². The summed E-state index contributed by atoms with van der Waals surface area (Å²) in [6.07, 6.45) is 1.41. The van der Waals surface area contributed by atoms with Crippen molar-refractivity contribution in [2.75, 3.05) is 5.32 Å². The zero-order valence-corrected chi connectivity index (χ0v) is 12.4. The molecule has 112 valence electrons. The summed E-state index contributed by atoms with van der Waals surface area (Å²) in [6, 6.07) is 11.1. The summed E-state index contributed by atoms with van der Waals surface area (Å²) in [4.78, 5) is 12.2. The van der Waals surface area contributed by atoms with E-state index in [-0.39, 0.29) is 5.91 Å². The maximum absolute atomic E-state index is 12.2. The monoisotopic (exact) mass is 296 g/mol. The van der Waals surface area contributed by atoms with E-state index >= 15 is 0 Å². The van der Waals surface area contributed by atoms with Crippen LogP contribution >= 0.6 is 0 Å². The minimum absolute atomic E-state index is 0.218. The van der Waals surface area contributed by atoms with Crippen molar-refractivity contribution < 1.29 is 9.32 Å². The van der Waals surface area contributed by atoms with E-state index in [1.165, 1.54) is 6.26 Å². The van der Waals surface area contributed by atoms with Crippen molar-refractivity contribution in [1.82, 2.24) is 14.9 Å². The van der Waals surface area contributed by atoms with Gasteiger partial charge in [0.25, 0.3) is 5.91 Å². The number of amides is 1. The van der Waals surface area contributed by atoms with Gasteiger partial charge in [-0.1, -0.05) is 17.3 Å². The third kappa shape index (κ3) is 3.06. The molecule has 2 heterocycles. The Bertz CT molecular complexity index is 790. The lowest BCUT2D eigenvalue weighted by Gasteiger charge is -2.07. The molecule has 0 spiro atoms. The first-order valence-corrected chi connectivity index (χ1v) is 6.93. The predicted molar refractivity (Wildman–Crippen MR) is 81.7 cm³/mol. The van der Waals surface area contributed by atoms with Gasteiger partial charge >= 0.3 is 0 Å². The van der Waals surface area contributed by atoms with Crippen molar-refractivity contribution in [3.8, 4) is 0 Å². The van der Waals surface area contributed by atoms with Crippen molar-refractivity contribution >= 4 is 11.7 Å². The van der Waals surface area contributed by atoms with Crippen LogP contribution in [0.4, 0.5) is 5.82 Å². The number of hydrogen-bond donors (Lipinski definition) is 1. The third-order valence-electron chi connectivity index (χ3n) is 3.30. The van der Waals surface area contributed by atoms with E-state index in [9.17, 15) is 4.79 Å². The second-order valence-electron chi connectivity index (χ2n) is 5.12. The van der Waals surface area contributed by atoms with Gasteiger partial charge < -0.3 is 9.84 Å². The van der Waals surface area contributed by atoms with E-state index < -0.39 is 0 Å². The highest BCUT2D eigenvalue weighted by molar-refractivity contribution is 6.03. The SMILES string of the molecule is Cc1cc(C)n(Cc2cccc(C(=O)Nc3ccon3)c2)n1. The number of rotatable bonds is 4. The molecule has 0 bridgehead atoms. The Kier molecular flexibility index (Phi) is 3.74. The summed E-state index contributed by atoms with van der Waals surface area (Å²) in [7, 11) is 0. The maximum Gasteiger partial charge on any atom is 0.256 e. The van der Waals surface area contributed by atoms with Gasteiger partial charge in [-0.15, -0.1) is 0 Å². The largest absolute Gasteiger partial charge is 0.363 e. The second-order valence-corrected chi connectivity index (χ2v) is 5.12. The number of nitrogens with one attached hydrogen (secondary N) is 1. The van der Waals surface area contributed by atoms with Gasteiger partial charge in [0.2, 0.25) is 0 Å². The first-order valence-electron chi connectivity index (χ1n) is 6.93. The summed E-state index contributed by atoms with van der Waals surface area (Å²) in [5, 5.41) is 10.8. The average molecular weight is 296 g/mol. The molecule has 1 aromatic carbocycles. The van der Waals surface area contributed by atoms with Crippen molar-refractivity contribution in [2.24, 2.45) is 0 Å². The molecule has 1 N–H and O–H groups in total. The molecule has 3 aromatic rings. The fraction of sp³-hybridized carbons (Fsp3) is 0.188. The fourth-order valence-electron chi connectivity index (χ4n) is 2.28. The molecule has 0 aliphatic heterocycles. The van der Waals surface area contributed by atoms with E-state index in [2.05, 4.69) is 15.6 Å². The summed E-state index contributed by atoms with van der Waals surface area (Å²) in [5.74, 6) is 0.179. The van der Waals surface area contributed by atoms with Gasteiger partial charge in [-0.2, -0.15) is 5.10 Å². The fourth-order valence-corrected chi connectivity index (χ4v) is 2.28.